The number of hydrogen-bond acceptors (Lipinski definition) is 2. The van der Waals surface area contributed by atoms with Gasteiger partial charge in [-0.05, 0) is 25.1 Å². The minimum absolute atomic E-state index is 0.179. The van der Waals surface area contributed by atoms with Crippen LogP contribution in [0, 0.1) is 0 Å². The summed E-state index contributed by atoms with van der Waals surface area (Å²) >= 11 is 3.36. The number of carbonyl (C=O) groups is 1. The molecule has 1 aliphatic heterocycles. The third-order valence-corrected chi connectivity index (χ3v) is 2.47. The zero-order valence-corrected chi connectivity index (χ0v) is 8.59. The molecule has 0 radical (unpaired) electrons. The predicted octanol–water partition coefficient (Wildman–Crippen LogP) is 3.07. The first-order chi connectivity index (χ1) is 6.16. The zero-order chi connectivity index (χ0) is 9.42. The Hall–Kier alpha value is -1.03. The third kappa shape index (κ3) is 1.54. The lowest BCUT2D eigenvalue weighted by Gasteiger charge is -2.23. The van der Waals surface area contributed by atoms with Crippen molar-refractivity contribution < 1.29 is 9.53 Å². The minimum Gasteiger partial charge on any atom is -0.441 e. The van der Waals surface area contributed by atoms with Gasteiger partial charge >= 0.3 is 6.09 Å². The molecule has 13 heavy (non-hydrogen) atoms. The van der Waals surface area contributed by atoms with Gasteiger partial charge in [0, 0.05) is 10.0 Å². The highest BCUT2D eigenvalue weighted by molar-refractivity contribution is 9.10. The molecule has 1 unspecified atom stereocenters. The molecule has 1 aromatic carbocycles. The number of cyclic esters (lactones) is 1. The number of anilines is 1. The second-order valence-corrected chi connectivity index (χ2v) is 3.82. The lowest BCUT2D eigenvalue weighted by molar-refractivity contribution is 0.116. The highest BCUT2D eigenvalue weighted by Gasteiger charge is 2.22. The van der Waals surface area contributed by atoms with Gasteiger partial charge in [-0.2, -0.15) is 0 Å². The Bertz CT molecular complexity index is 365. The van der Waals surface area contributed by atoms with E-state index in [1.165, 1.54) is 0 Å². The van der Waals surface area contributed by atoms with Crippen LogP contribution >= 0.6 is 15.9 Å². The maximum atomic E-state index is 11.0. The van der Waals surface area contributed by atoms with E-state index < -0.39 is 0 Å². The first-order valence-corrected chi connectivity index (χ1v) is 4.73. The Balaban J connectivity index is 2.49. The van der Waals surface area contributed by atoms with Crippen LogP contribution in [0.3, 0.4) is 0 Å². The average molecular weight is 242 g/mol. The van der Waals surface area contributed by atoms with Gasteiger partial charge in [0.05, 0.1) is 5.69 Å². The summed E-state index contributed by atoms with van der Waals surface area (Å²) in [7, 11) is 0. The van der Waals surface area contributed by atoms with Gasteiger partial charge in [0.1, 0.15) is 6.10 Å². The van der Waals surface area contributed by atoms with Crippen LogP contribution < -0.4 is 5.32 Å². The largest absolute Gasteiger partial charge is 0.441 e. The van der Waals surface area contributed by atoms with Gasteiger partial charge < -0.3 is 4.74 Å². The molecule has 0 aromatic heterocycles. The molecule has 1 heterocycles. The van der Waals surface area contributed by atoms with Crippen molar-refractivity contribution in [2.24, 2.45) is 0 Å². The molecule has 0 bridgehead atoms. The Morgan fingerprint density at radius 3 is 3.08 bits per heavy atom. The quantitative estimate of drug-likeness (QED) is 0.759. The molecular weight excluding hydrogens is 234 g/mol. The molecule has 0 aliphatic carbocycles. The number of rotatable bonds is 0. The lowest BCUT2D eigenvalue weighted by atomic mass is 10.1. The van der Waals surface area contributed by atoms with Crippen LogP contribution in [0.15, 0.2) is 22.7 Å². The van der Waals surface area contributed by atoms with E-state index in [1.807, 2.05) is 25.1 Å². The van der Waals surface area contributed by atoms with E-state index in [-0.39, 0.29) is 12.2 Å². The smallest absolute Gasteiger partial charge is 0.412 e. The van der Waals surface area contributed by atoms with Crippen molar-refractivity contribution in [1.82, 2.24) is 0 Å². The standard InChI is InChI=1S/C9H8BrNO2/c1-5-7-4-6(10)2-3-8(7)11-9(12)13-5/h2-5H,1H3,(H,11,12). The Kier molecular flexibility index (Phi) is 2.00. The number of fused-ring (bicyclic) bond motifs is 1. The summed E-state index contributed by atoms with van der Waals surface area (Å²) in [6.07, 6.45) is -0.566. The monoisotopic (exact) mass is 241 g/mol. The average Bonchev–Trinajstić information content (AvgIpc) is 2.06. The molecule has 68 valence electrons. The lowest BCUT2D eigenvalue weighted by Crippen LogP contribution is -2.22. The summed E-state index contributed by atoms with van der Waals surface area (Å²) in [6, 6.07) is 5.69. The molecule has 1 aliphatic rings. The van der Waals surface area contributed by atoms with Crippen LogP contribution in [-0.4, -0.2) is 6.09 Å². The first-order valence-electron chi connectivity index (χ1n) is 3.94. The Labute approximate surface area is 84.2 Å². The van der Waals surface area contributed by atoms with Gasteiger partial charge in [-0.3, -0.25) is 5.32 Å². The summed E-state index contributed by atoms with van der Waals surface area (Å²) in [5.74, 6) is 0. The topological polar surface area (TPSA) is 38.3 Å². The molecule has 1 N–H and O–H groups in total. The highest BCUT2D eigenvalue weighted by atomic mass is 79.9. The minimum atomic E-state index is -0.387. The van der Waals surface area contributed by atoms with Crippen molar-refractivity contribution in [2.45, 2.75) is 13.0 Å². The van der Waals surface area contributed by atoms with Crippen LogP contribution in [0.5, 0.6) is 0 Å². The number of amides is 1. The van der Waals surface area contributed by atoms with Gasteiger partial charge in [0.15, 0.2) is 0 Å². The summed E-state index contributed by atoms with van der Waals surface area (Å²) in [4.78, 5) is 11.0. The molecule has 0 saturated carbocycles. The molecule has 2 rings (SSSR count). The molecular formula is C9H8BrNO2. The molecule has 0 fully saturated rings. The van der Waals surface area contributed by atoms with Crippen LogP contribution in [0.4, 0.5) is 10.5 Å². The van der Waals surface area contributed by atoms with Crippen LogP contribution in [0.25, 0.3) is 0 Å². The molecule has 1 aromatic rings. The number of nitrogens with one attached hydrogen (secondary N) is 1. The molecule has 0 saturated heterocycles. The maximum Gasteiger partial charge on any atom is 0.412 e. The SMILES string of the molecule is CC1OC(=O)Nc2ccc(Br)cc21. The Morgan fingerprint density at radius 1 is 1.54 bits per heavy atom. The number of carbonyl (C=O) groups excluding carboxylic acids is 1. The fourth-order valence-electron chi connectivity index (χ4n) is 1.35. The van der Waals surface area contributed by atoms with Crippen molar-refractivity contribution in [3.63, 3.8) is 0 Å². The second-order valence-electron chi connectivity index (χ2n) is 2.90. The summed E-state index contributed by atoms with van der Waals surface area (Å²) < 4.78 is 5.98. The van der Waals surface area contributed by atoms with Gasteiger partial charge in [-0.25, -0.2) is 4.79 Å². The summed E-state index contributed by atoms with van der Waals surface area (Å²) in [6.45, 7) is 1.85. The number of benzene rings is 1. The molecule has 1 atom stereocenters. The van der Waals surface area contributed by atoms with Crippen LogP contribution in [0.2, 0.25) is 0 Å². The molecule has 0 spiro atoms. The van der Waals surface area contributed by atoms with Crippen LogP contribution in [0.1, 0.15) is 18.6 Å². The van der Waals surface area contributed by atoms with E-state index in [9.17, 15) is 4.79 Å². The van der Waals surface area contributed by atoms with Crippen molar-refractivity contribution >= 4 is 27.7 Å². The Morgan fingerprint density at radius 2 is 2.31 bits per heavy atom. The second kappa shape index (κ2) is 3.03. The molecule has 4 heteroatoms. The molecule has 3 nitrogen and oxygen atoms in total. The van der Waals surface area contributed by atoms with E-state index in [1.54, 1.807) is 0 Å². The predicted molar refractivity (Wildman–Crippen MR) is 52.7 cm³/mol. The van der Waals surface area contributed by atoms with Crippen LogP contribution in [-0.2, 0) is 4.74 Å². The van der Waals surface area contributed by atoms with E-state index in [4.69, 9.17) is 4.74 Å². The highest BCUT2D eigenvalue weighted by Crippen LogP contribution is 2.32. The van der Waals surface area contributed by atoms with Crippen molar-refractivity contribution in [3.8, 4) is 0 Å². The molecule has 1 amide bonds. The number of ether oxygens (including phenoxy) is 1. The fraction of sp³-hybridized carbons (Fsp3) is 0.222. The summed E-state index contributed by atoms with van der Waals surface area (Å²) in [5, 5.41) is 2.64. The van der Waals surface area contributed by atoms with E-state index >= 15 is 0 Å². The zero-order valence-electron chi connectivity index (χ0n) is 7.00. The van der Waals surface area contributed by atoms with Gasteiger partial charge in [-0.15, -0.1) is 0 Å². The first kappa shape index (κ1) is 8.56. The number of halogens is 1. The summed E-state index contributed by atoms with van der Waals surface area (Å²) in [5.41, 5.74) is 1.82. The van der Waals surface area contributed by atoms with Crippen molar-refractivity contribution in [2.75, 3.05) is 5.32 Å². The van der Waals surface area contributed by atoms with Gasteiger partial charge in [-0.1, -0.05) is 15.9 Å². The third-order valence-electron chi connectivity index (χ3n) is 1.97. The normalized spacial score (nSPS) is 20.2. The fourth-order valence-corrected chi connectivity index (χ4v) is 1.73. The maximum absolute atomic E-state index is 11.0. The van der Waals surface area contributed by atoms with Gasteiger partial charge in [0.2, 0.25) is 0 Å². The van der Waals surface area contributed by atoms with E-state index in [0.717, 1.165) is 15.7 Å². The van der Waals surface area contributed by atoms with Gasteiger partial charge in [0.25, 0.3) is 0 Å². The van der Waals surface area contributed by atoms with E-state index in [2.05, 4.69) is 21.2 Å². The number of hydrogen-bond donors (Lipinski definition) is 1. The van der Waals surface area contributed by atoms with Crippen molar-refractivity contribution in [3.05, 3.63) is 28.2 Å². The van der Waals surface area contributed by atoms with Crippen molar-refractivity contribution in [1.29, 1.82) is 0 Å². The van der Waals surface area contributed by atoms with E-state index in [0.29, 0.717) is 0 Å².